The monoisotopic (exact) mass is 306 g/mol. The first-order valence-electron chi connectivity index (χ1n) is 8.20. The smallest absolute Gasteiger partial charge is 0.323 e. The summed E-state index contributed by atoms with van der Waals surface area (Å²) in [6, 6.07) is 0. The van der Waals surface area contributed by atoms with Gasteiger partial charge in [0.25, 0.3) is 5.91 Å². The maximum Gasteiger partial charge on any atom is 0.323 e. The number of aliphatic carboxylic acids is 1. The lowest BCUT2D eigenvalue weighted by molar-refractivity contribution is -0.190. The Bertz CT molecular complexity index is 530. The van der Waals surface area contributed by atoms with Gasteiger partial charge in [-0.3, -0.25) is 24.2 Å². The van der Waals surface area contributed by atoms with E-state index in [1.807, 2.05) is 11.9 Å². The number of amides is 2. The van der Waals surface area contributed by atoms with E-state index in [0.29, 0.717) is 0 Å². The Balaban J connectivity index is 1.74. The molecule has 1 N–H and O–H groups in total. The van der Waals surface area contributed by atoms with Gasteiger partial charge in [-0.05, 0) is 62.8 Å². The van der Waals surface area contributed by atoms with Crippen molar-refractivity contribution in [1.29, 1.82) is 0 Å². The predicted molar refractivity (Wildman–Crippen MR) is 76.8 cm³/mol. The molecule has 1 aliphatic heterocycles. The van der Waals surface area contributed by atoms with Gasteiger partial charge in [0.1, 0.15) is 12.1 Å². The lowest BCUT2D eigenvalue weighted by Gasteiger charge is -2.64. The third-order valence-corrected chi connectivity index (χ3v) is 6.57. The van der Waals surface area contributed by atoms with Crippen molar-refractivity contribution in [3.63, 3.8) is 0 Å². The van der Waals surface area contributed by atoms with E-state index in [4.69, 9.17) is 5.11 Å². The fourth-order valence-corrected chi connectivity index (χ4v) is 6.08. The van der Waals surface area contributed by atoms with E-state index in [1.165, 1.54) is 6.42 Å². The molecule has 5 fully saturated rings. The lowest BCUT2D eigenvalue weighted by atomic mass is 9.47. The van der Waals surface area contributed by atoms with Gasteiger partial charge in [0.05, 0.1) is 6.54 Å². The number of carboxylic acids is 1. The van der Waals surface area contributed by atoms with Crippen LogP contribution >= 0.6 is 0 Å². The summed E-state index contributed by atoms with van der Waals surface area (Å²) in [7, 11) is 1.87. The van der Waals surface area contributed by atoms with Gasteiger partial charge in [-0.15, -0.1) is 0 Å². The Kier molecular flexibility index (Phi) is 2.92. The molecule has 0 aromatic rings. The Morgan fingerprint density at radius 2 is 1.68 bits per heavy atom. The molecule has 6 heteroatoms. The topological polar surface area (TPSA) is 77.9 Å². The van der Waals surface area contributed by atoms with Crippen LogP contribution in [-0.2, 0) is 14.4 Å². The summed E-state index contributed by atoms with van der Waals surface area (Å²) in [4.78, 5) is 39.4. The summed E-state index contributed by atoms with van der Waals surface area (Å²) in [5, 5.41) is 9.05. The van der Waals surface area contributed by atoms with Crippen molar-refractivity contribution in [2.24, 2.45) is 23.7 Å². The number of imide groups is 1. The SMILES string of the molecule is CN1CC(=O)N(CC(=O)O)C(=O)C12C1CC3CC(C1)CC2C3. The molecule has 120 valence electrons. The van der Waals surface area contributed by atoms with Gasteiger partial charge >= 0.3 is 5.97 Å². The molecule has 22 heavy (non-hydrogen) atoms. The van der Waals surface area contributed by atoms with E-state index in [1.54, 1.807) is 0 Å². The highest BCUT2D eigenvalue weighted by Gasteiger charge is 2.65. The summed E-state index contributed by atoms with van der Waals surface area (Å²) in [5.41, 5.74) is -0.628. The van der Waals surface area contributed by atoms with Crippen molar-refractivity contribution < 1.29 is 19.5 Å². The largest absolute Gasteiger partial charge is 0.480 e. The zero-order valence-electron chi connectivity index (χ0n) is 12.8. The minimum Gasteiger partial charge on any atom is -0.480 e. The predicted octanol–water partition coefficient (Wildman–Crippen LogP) is 0.566. The summed E-state index contributed by atoms with van der Waals surface area (Å²) in [6.45, 7) is -0.346. The fraction of sp³-hybridized carbons (Fsp3) is 0.812. The average Bonchev–Trinajstić information content (AvgIpc) is 2.42. The Hall–Kier alpha value is -1.43. The highest BCUT2D eigenvalue weighted by molar-refractivity contribution is 6.05. The van der Waals surface area contributed by atoms with E-state index >= 15 is 0 Å². The summed E-state index contributed by atoms with van der Waals surface area (Å²) < 4.78 is 0. The second-order valence-corrected chi connectivity index (χ2v) is 7.66. The number of carbonyl (C=O) groups is 3. The van der Waals surface area contributed by atoms with Gasteiger partial charge in [-0.25, -0.2) is 0 Å². The maximum absolute atomic E-state index is 13.2. The average molecular weight is 306 g/mol. The molecule has 4 saturated carbocycles. The molecule has 0 atom stereocenters. The number of hydrogen-bond acceptors (Lipinski definition) is 4. The van der Waals surface area contributed by atoms with Gasteiger partial charge in [-0.2, -0.15) is 0 Å². The van der Waals surface area contributed by atoms with Crippen LogP contribution in [0.4, 0.5) is 0 Å². The molecule has 0 radical (unpaired) electrons. The number of piperazine rings is 1. The van der Waals surface area contributed by atoms with Gasteiger partial charge in [0.2, 0.25) is 5.91 Å². The quantitative estimate of drug-likeness (QED) is 0.755. The molecule has 4 bridgehead atoms. The molecule has 4 aliphatic carbocycles. The number of carbonyl (C=O) groups excluding carboxylic acids is 2. The van der Waals surface area contributed by atoms with E-state index in [2.05, 4.69) is 0 Å². The zero-order chi connectivity index (χ0) is 15.6. The van der Waals surface area contributed by atoms with Crippen LogP contribution in [0.5, 0.6) is 0 Å². The normalized spacial score (nSPS) is 44.1. The second kappa shape index (κ2) is 4.54. The van der Waals surface area contributed by atoms with Gasteiger partial charge in [0.15, 0.2) is 0 Å². The summed E-state index contributed by atoms with van der Waals surface area (Å²) in [5.74, 6) is 0.262. The van der Waals surface area contributed by atoms with Crippen LogP contribution in [0.25, 0.3) is 0 Å². The summed E-state index contributed by atoms with van der Waals surface area (Å²) >= 11 is 0. The van der Waals surface area contributed by atoms with Crippen LogP contribution in [-0.4, -0.2) is 58.4 Å². The highest BCUT2D eigenvalue weighted by Crippen LogP contribution is 2.60. The molecule has 1 saturated heterocycles. The number of carboxylic acid groups (broad SMARTS) is 1. The zero-order valence-corrected chi connectivity index (χ0v) is 12.8. The van der Waals surface area contributed by atoms with Gasteiger partial charge in [-0.1, -0.05) is 0 Å². The van der Waals surface area contributed by atoms with Gasteiger partial charge in [0, 0.05) is 0 Å². The van der Waals surface area contributed by atoms with E-state index in [0.717, 1.165) is 42.4 Å². The molecular formula is C16H22N2O4. The van der Waals surface area contributed by atoms with Crippen LogP contribution in [0.15, 0.2) is 0 Å². The summed E-state index contributed by atoms with van der Waals surface area (Å²) in [6.07, 6.45) is 5.51. The number of hydrogen-bond donors (Lipinski definition) is 1. The second-order valence-electron chi connectivity index (χ2n) is 7.66. The third kappa shape index (κ3) is 1.67. The van der Waals surface area contributed by atoms with E-state index < -0.39 is 18.1 Å². The van der Waals surface area contributed by atoms with E-state index in [9.17, 15) is 14.4 Å². The Labute approximate surface area is 129 Å². The first-order valence-corrected chi connectivity index (χ1v) is 8.20. The molecule has 5 rings (SSSR count). The first-order chi connectivity index (χ1) is 10.4. The standard InChI is InChI=1S/C16H22N2O4/c1-17-7-13(19)18(8-14(20)21)15(22)16(17)11-3-9-2-10(5-11)6-12(16)4-9/h9-12H,2-8H2,1H3,(H,20,21). The number of nitrogens with zero attached hydrogens (tertiary/aromatic N) is 2. The van der Waals surface area contributed by atoms with Crippen molar-refractivity contribution in [3.05, 3.63) is 0 Å². The maximum atomic E-state index is 13.2. The molecule has 0 aromatic carbocycles. The first kappa shape index (κ1) is 14.2. The van der Waals surface area contributed by atoms with E-state index in [-0.39, 0.29) is 30.2 Å². The fourth-order valence-electron chi connectivity index (χ4n) is 6.08. The van der Waals surface area contributed by atoms with Crippen molar-refractivity contribution >= 4 is 17.8 Å². The van der Waals surface area contributed by atoms with Crippen LogP contribution in [0.1, 0.15) is 32.1 Å². The van der Waals surface area contributed by atoms with Crippen molar-refractivity contribution in [1.82, 2.24) is 9.80 Å². The number of likely N-dealkylation sites (N-methyl/N-ethyl adjacent to an activating group) is 1. The van der Waals surface area contributed by atoms with Crippen LogP contribution < -0.4 is 0 Å². The molecule has 1 spiro atoms. The van der Waals surface area contributed by atoms with Crippen LogP contribution in [0, 0.1) is 23.7 Å². The molecule has 0 aromatic heterocycles. The highest BCUT2D eigenvalue weighted by atomic mass is 16.4. The van der Waals surface area contributed by atoms with Crippen molar-refractivity contribution in [2.75, 3.05) is 20.1 Å². The molecule has 6 nitrogen and oxygen atoms in total. The molecule has 2 amide bonds. The molecule has 1 heterocycles. The molecule has 0 unspecified atom stereocenters. The lowest BCUT2D eigenvalue weighted by Crippen LogP contribution is -2.76. The number of rotatable bonds is 2. The molecular weight excluding hydrogens is 284 g/mol. The minimum atomic E-state index is -1.12. The van der Waals surface area contributed by atoms with Crippen LogP contribution in [0.3, 0.4) is 0 Å². The third-order valence-electron chi connectivity index (χ3n) is 6.57. The minimum absolute atomic E-state index is 0.154. The Morgan fingerprint density at radius 3 is 2.18 bits per heavy atom. The van der Waals surface area contributed by atoms with Crippen molar-refractivity contribution in [2.45, 2.75) is 37.6 Å². The molecule has 5 aliphatic rings. The van der Waals surface area contributed by atoms with Crippen molar-refractivity contribution in [3.8, 4) is 0 Å². The van der Waals surface area contributed by atoms with Gasteiger partial charge < -0.3 is 5.11 Å². The Morgan fingerprint density at radius 1 is 1.14 bits per heavy atom. The van der Waals surface area contributed by atoms with Crippen LogP contribution in [0.2, 0.25) is 0 Å².